The number of phenolic OH excluding ortho intramolecular Hbond substituents is 1. The van der Waals surface area contributed by atoms with Crippen LogP contribution in [0.25, 0.3) is 21.8 Å². The molecule has 4 fully saturated rings. The van der Waals surface area contributed by atoms with Gasteiger partial charge in [0.2, 0.25) is 100 Å². The largest absolute Gasteiger partial charge is 0.508 e. The number of amides is 17. The number of aromatic nitrogens is 2. The van der Waals surface area contributed by atoms with Crippen LogP contribution in [0.2, 0.25) is 0 Å². The first-order valence-electron chi connectivity index (χ1n) is 43.3. The third-order valence-corrected chi connectivity index (χ3v) is 24.5. The molecule has 0 unspecified atom stereocenters. The summed E-state index contributed by atoms with van der Waals surface area (Å²) in [7, 11) is 2.73. The third kappa shape index (κ3) is 26.9. The van der Waals surface area contributed by atoms with Crippen molar-refractivity contribution in [1.29, 1.82) is 0 Å². The van der Waals surface area contributed by atoms with Gasteiger partial charge in [-0.3, -0.25) is 86.3 Å². The van der Waals surface area contributed by atoms with E-state index in [9.17, 15) is 72.9 Å². The number of hydrogen-bond acceptors (Lipinski definition) is 23. The maximum absolute atomic E-state index is 15.7. The molecular weight excluding hydrogens is 1700 g/mol. The highest BCUT2D eigenvalue weighted by molar-refractivity contribution is 8.00. The van der Waals surface area contributed by atoms with Crippen molar-refractivity contribution in [3.05, 3.63) is 102 Å². The van der Waals surface area contributed by atoms with Crippen molar-refractivity contribution in [1.82, 2.24) is 87.6 Å². The molecule has 700 valence electrons. The summed E-state index contributed by atoms with van der Waals surface area (Å²) in [6.45, 7) is 2.58. The average Bonchev–Trinajstić information content (AvgIpc) is 1.52. The number of carboxylic acids is 1. The summed E-state index contributed by atoms with van der Waals surface area (Å²) in [5.74, 6) is -18.5. The number of aromatic hydroxyl groups is 1. The van der Waals surface area contributed by atoms with Crippen LogP contribution in [0, 0.1) is 0 Å². The normalized spacial score (nSPS) is 25.8. The molecular formula is C86H119N21O21S. The number of carbonyl (C=O) groups is 18. The number of aliphatic hydroxyl groups excluding tert-OH is 1. The predicted molar refractivity (Wildman–Crippen MR) is 470 cm³/mol. The SMILES string of the molecule is CCCC[C@H]1C(=O)N(C)[C@@H](CCCC)C(=O)N[C@@H](C)C(=O)N[C@H](C(=O)NCC(N)=O)CSCC(=O)N[C@@H](Cc2ccc(O)cc2)C(=O)N2CCC[C@H]2C(=O)N[C@@H](CC(N)=O)C(=O)N2CCC[C@H]2C(=O)N[C@@H](CN)C(=O)N[C@@H](CCC(=O)O)C(=O)N2C[C@H](O)C[C@H]2C(=O)N[C@@H](Cc2c[nH]c3ccccc23)C(=O)N[C@@H](CCN)C(=O)N[C@@H](Cc2c[nH]c3ccccc23)C(=O)N1C. The van der Waals surface area contributed by atoms with E-state index in [0.29, 0.717) is 64.2 Å². The van der Waals surface area contributed by atoms with Crippen molar-refractivity contribution in [2.75, 3.05) is 64.9 Å². The standard InChI is InChI=1S/C86H119N21O21S/c1-6-8-20-64-78(120)94-46(3)73(115)102-63(74(116)93-42-70(90)111)44-129-45-71(112)95-59(34-47-24-26-50(108)27-25-47)84(126)105-32-14-22-65(105)79(121)100-61(38-69(89)110)85(127)106-33-15-23-66(106)80(122)101-62(39-88)77(119)97-57(28-29-72(113)114)83(125)107-43-51(109)37-68(107)81(123)98-58(35-48-40-91-54-18-12-10-16-52(48)54)76(118)96-56(30-31-87)75(117)99-60(36-49-41-92-55-19-13-11-17-53(49)55)82(124)104(5)67(21-9-7-2)86(128)103(64)4/h10-13,16-19,24-27,40-41,46,51,56-68,91-92,108-109H,6-9,14-15,20-23,28-39,42-45,87-88H2,1-5H3,(H2,89,110)(H2,90,111)(H,93,116)(H,94,120)(H,95,112)(H,96,118)(H,97,119)(H,98,123)(H,99,117)(H,100,121)(H,101,122)(H,102,115)(H,113,114)/t46-,51+,56-,57-,58-,59-,60-,61-,62-,63-,64-,65-,66-,67-,68-/m0/s1. The lowest BCUT2D eigenvalue weighted by atomic mass is 10.00. The van der Waals surface area contributed by atoms with E-state index in [1.54, 1.807) is 60.9 Å². The van der Waals surface area contributed by atoms with Gasteiger partial charge in [0.15, 0.2) is 0 Å². The number of aromatic amines is 2. The number of thioether (sulfide) groups is 1. The van der Waals surface area contributed by atoms with E-state index in [1.165, 1.54) is 55.1 Å². The number of nitrogens with one attached hydrogen (secondary N) is 12. The smallest absolute Gasteiger partial charge is 0.303 e. The Morgan fingerprint density at radius 3 is 1.59 bits per heavy atom. The molecule has 4 aliphatic heterocycles. The highest BCUT2D eigenvalue weighted by Gasteiger charge is 2.47. The van der Waals surface area contributed by atoms with Gasteiger partial charge in [-0.1, -0.05) is 88.1 Å². The fourth-order valence-corrected chi connectivity index (χ4v) is 17.3. The lowest BCUT2D eigenvalue weighted by Gasteiger charge is -2.36. The van der Waals surface area contributed by atoms with Crippen molar-refractivity contribution in [3.8, 4) is 5.75 Å². The summed E-state index contributed by atoms with van der Waals surface area (Å²) >= 11 is 0.790. The van der Waals surface area contributed by atoms with Gasteiger partial charge in [-0.25, -0.2) is 0 Å². The van der Waals surface area contributed by atoms with Gasteiger partial charge >= 0.3 is 5.97 Å². The minimum Gasteiger partial charge on any atom is -0.508 e. The molecule has 43 heteroatoms. The zero-order valence-electron chi connectivity index (χ0n) is 72.8. The molecule has 129 heavy (non-hydrogen) atoms. The summed E-state index contributed by atoms with van der Waals surface area (Å²) in [6, 6.07) is -1.91. The molecule has 42 nitrogen and oxygen atoms in total. The maximum Gasteiger partial charge on any atom is 0.303 e. The van der Waals surface area contributed by atoms with E-state index in [2.05, 4.69) is 63.1 Å². The van der Waals surface area contributed by atoms with Crippen LogP contribution in [0.5, 0.6) is 5.75 Å². The van der Waals surface area contributed by atoms with Gasteiger partial charge in [-0.15, -0.1) is 11.8 Å². The first kappa shape index (κ1) is 100.0. The van der Waals surface area contributed by atoms with Gasteiger partial charge in [0.25, 0.3) is 0 Å². The van der Waals surface area contributed by atoms with E-state index in [-0.39, 0.29) is 89.6 Å². The number of primary amides is 2. The lowest BCUT2D eigenvalue weighted by Crippen LogP contribution is -2.61. The highest BCUT2D eigenvalue weighted by atomic mass is 32.2. The molecule has 9 rings (SSSR count). The number of phenols is 1. The van der Waals surface area contributed by atoms with E-state index in [4.69, 9.17) is 22.9 Å². The van der Waals surface area contributed by atoms with E-state index in [0.717, 1.165) is 26.5 Å². The van der Waals surface area contributed by atoms with Crippen LogP contribution < -0.4 is 76.1 Å². The van der Waals surface area contributed by atoms with Gasteiger partial charge in [-0.2, -0.15) is 0 Å². The summed E-state index contributed by atoms with van der Waals surface area (Å²) in [5, 5.41) is 58.8. The second kappa shape index (κ2) is 47.3. The van der Waals surface area contributed by atoms with Crippen LogP contribution in [0.4, 0.5) is 0 Å². The average molecular weight is 1820 g/mol. The predicted octanol–water partition coefficient (Wildman–Crippen LogP) is -3.86. The Bertz CT molecular complexity index is 4910. The molecule has 4 saturated heterocycles. The molecule has 6 heterocycles. The number of carboxylic acid groups (broad SMARTS) is 1. The van der Waals surface area contributed by atoms with Gasteiger partial charge in [0.1, 0.15) is 90.3 Å². The van der Waals surface area contributed by atoms with E-state index < -0.39 is 254 Å². The van der Waals surface area contributed by atoms with Crippen molar-refractivity contribution < 1.29 is 102 Å². The summed E-state index contributed by atoms with van der Waals surface area (Å²) in [4.78, 5) is 271. The van der Waals surface area contributed by atoms with Gasteiger partial charge < -0.3 is 126 Å². The number of fused-ring (bicyclic) bond motifs is 5. The molecule has 0 saturated carbocycles. The Morgan fingerprint density at radius 2 is 1.02 bits per heavy atom. The van der Waals surface area contributed by atoms with Crippen LogP contribution >= 0.6 is 11.8 Å². The molecule has 17 amide bonds. The maximum atomic E-state index is 15.7. The number of carbonyl (C=O) groups excluding carboxylic acids is 17. The van der Waals surface area contributed by atoms with Crippen molar-refractivity contribution >= 4 is 140 Å². The molecule has 0 bridgehead atoms. The fraction of sp³-hybridized carbons (Fsp3) is 0.535. The first-order valence-corrected chi connectivity index (χ1v) is 44.5. The molecule has 4 aliphatic rings. The minimum atomic E-state index is -1.82. The van der Waals surface area contributed by atoms with Crippen LogP contribution in [0.1, 0.15) is 134 Å². The first-order chi connectivity index (χ1) is 61.5. The minimum absolute atomic E-state index is 0.00714. The summed E-state index contributed by atoms with van der Waals surface area (Å²) in [6.07, 6.45) is 0.161. The van der Waals surface area contributed by atoms with E-state index >= 15 is 28.8 Å². The monoisotopic (exact) mass is 1810 g/mol. The Hall–Kier alpha value is -12.8. The molecule has 0 spiro atoms. The molecule has 2 aromatic heterocycles. The van der Waals surface area contributed by atoms with Gasteiger partial charge in [0.05, 0.1) is 24.8 Å². The van der Waals surface area contributed by atoms with E-state index in [1.807, 2.05) is 13.8 Å². The Labute approximate surface area is 748 Å². The Balaban J connectivity index is 1.07. The number of nitrogens with two attached hydrogens (primary N) is 4. The third-order valence-electron chi connectivity index (χ3n) is 23.5. The van der Waals surface area contributed by atoms with Gasteiger partial charge in [0, 0.05) is 112 Å². The molecule has 0 radical (unpaired) electrons. The Kier molecular flexibility index (Phi) is 36.7. The van der Waals surface area contributed by atoms with Crippen LogP contribution in [0.3, 0.4) is 0 Å². The summed E-state index contributed by atoms with van der Waals surface area (Å²) in [5.41, 5.74) is 26.1. The van der Waals surface area contributed by atoms with Crippen molar-refractivity contribution in [3.63, 3.8) is 0 Å². The van der Waals surface area contributed by atoms with Gasteiger partial charge in [-0.05, 0) is 106 Å². The number of H-pyrrole nitrogens is 2. The molecule has 15 atom stereocenters. The highest BCUT2D eigenvalue weighted by Crippen LogP contribution is 2.29. The topological polar surface area (TPSA) is 640 Å². The number of aliphatic hydroxyl groups is 1. The second-order valence-corrected chi connectivity index (χ2v) is 33.9. The zero-order chi connectivity index (χ0) is 94.0. The quantitative estimate of drug-likeness (QED) is 0.0298. The number of aliphatic carboxylic acids is 1. The number of para-hydroxylation sites is 2. The van der Waals surface area contributed by atoms with Crippen molar-refractivity contribution in [2.45, 2.75) is 227 Å². The second-order valence-electron chi connectivity index (χ2n) is 32.9. The fourth-order valence-electron chi connectivity index (χ4n) is 16.5. The molecule has 23 N–H and O–H groups in total. The Morgan fingerprint density at radius 1 is 0.512 bits per heavy atom. The number of rotatable bonds is 23. The van der Waals surface area contributed by atoms with Crippen LogP contribution in [-0.4, -0.2) is 312 Å². The number of nitrogens with zero attached hydrogens (tertiary/aromatic N) is 5. The number of likely N-dealkylation sites (N-methyl/N-ethyl adjacent to an activating group) is 2. The molecule has 0 aliphatic carbocycles. The zero-order valence-corrected chi connectivity index (χ0v) is 73.6. The van der Waals surface area contributed by atoms with Crippen LogP contribution in [0.15, 0.2) is 85.2 Å². The van der Waals surface area contributed by atoms with Crippen LogP contribution in [-0.2, 0) is 106 Å². The van der Waals surface area contributed by atoms with Crippen molar-refractivity contribution in [2.24, 2.45) is 22.9 Å². The lowest BCUT2D eigenvalue weighted by molar-refractivity contribution is -0.149. The molecule has 5 aromatic rings. The number of benzene rings is 3. The number of unbranched alkanes of at least 4 members (excludes halogenated alkanes) is 2. The summed E-state index contributed by atoms with van der Waals surface area (Å²) < 4.78 is 0. The molecule has 3 aromatic carbocycles. The number of hydrogen-bond donors (Lipinski definition) is 19.